The molecule has 0 aromatic carbocycles. The highest BCUT2D eigenvalue weighted by atomic mass is 32.2. The number of aryl methyl sites for hydroxylation is 2. The van der Waals surface area contributed by atoms with Crippen LogP contribution >= 0.6 is 0 Å². The van der Waals surface area contributed by atoms with E-state index in [9.17, 15) is 8.42 Å². The molecule has 1 unspecified atom stereocenters. The Morgan fingerprint density at radius 3 is 2.83 bits per heavy atom. The van der Waals surface area contributed by atoms with Gasteiger partial charge in [-0.05, 0) is 26.2 Å². The molecular weight excluding hydrogens is 250 g/mol. The summed E-state index contributed by atoms with van der Waals surface area (Å²) in [6.45, 7) is 4.32. The molecule has 0 bridgehead atoms. The van der Waals surface area contributed by atoms with Crippen molar-refractivity contribution in [3.05, 3.63) is 17.6 Å². The minimum absolute atomic E-state index is 0.266. The van der Waals surface area contributed by atoms with Gasteiger partial charge in [-0.25, -0.2) is 18.4 Å². The molecular formula is C12H19N3O2S. The zero-order valence-corrected chi connectivity index (χ0v) is 11.6. The molecule has 0 amide bonds. The summed E-state index contributed by atoms with van der Waals surface area (Å²) >= 11 is 0. The van der Waals surface area contributed by atoms with Gasteiger partial charge in [0.05, 0.1) is 11.0 Å². The Balaban J connectivity index is 2.04. The van der Waals surface area contributed by atoms with Gasteiger partial charge in [0.2, 0.25) is 0 Å². The summed E-state index contributed by atoms with van der Waals surface area (Å²) in [6.07, 6.45) is 2.37. The summed E-state index contributed by atoms with van der Waals surface area (Å²) in [6, 6.07) is 1.88. The van der Waals surface area contributed by atoms with Gasteiger partial charge in [-0.1, -0.05) is 6.92 Å². The first-order chi connectivity index (χ1) is 8.51. The monoisotopic (exact) mass is 269 g/mol. The normalized spacial score (nSPS) is 22.0. The van der Waals surface area contributed by atoms with Crippen molar-refractivity contribution < 1.29 is 8.42 Å². The van der Waals surface area contributed by atoms with E-state index < -0.39 is 9.84 Å². The van der Waals surface area contributed by atoms with E-state index in [0.717, 1.165) is 30.8 Å². The lowest BCUT2D eigenvalue weighted by Crippen LogP contribution is -2.25. The van der Waals surface area contributed by atoms with Gasteiger partial charge in [0.1, 0.15) is 11.6 Å². The van der Waals surface area contributed by atoms with Crippen LogP contribution in [0.2, 0.25) is 0 Å². The lowest BCUT2D eigenvalue weighted by Gasteiger charge is -2.12. The van der Waals surface area contributed by atoms with Crippen LogP contribution < -0.4 is 5.32 Å². The van der Waals surface area contributed by atoms with Gasteiger partial charge in [0, 0.05) is 18.3 Å². The van der Waals surface area contributed by atoms with Crippen LogP contribution in [-0.4, -0.2) is 35.9 Å². The fourth-order valence-corrected chi connectivity index (χ4v) is 3.97. The highest BCUT2D eigenvalue weighted by molar-refractivity contribution is 7.92. The highest BCUT2D eigenvalue weighted by Crippen LogP contribution is 2.20. The molecule has 0 aliphatic carbocycles. The zero-order valence-electron chi connectivity index (χ0n) is 10.8. The Kier molecular flexibility index (Phi) is 3.85. The average molecular weight is 269 g/mol. The van der Waals surface area contributed by atoms with Crippen LogP contribution in [0.4, 0.5) is 5.82 Å². The predicted molar refractivity (Wildman–Crippen MR) is 71.4 cm³/mol. The quantitative estimate of drug-likeness (QED) is 0.893. The number of sulfone groups is 1. The smallest absolute Gasteiger partial charge is 0.154 e. The zero-order chi connectivity index (χ0) is 13.2. The molecule has 1 N–H and O–H groups in total. The largest absolute Gasteiger partial charge is 0.369 e. The summed E-state index contributed by atoms with van der Waals surface area (Å²) in [5.41, 5.74) is 0.972. The van der Waals surface area contributed by atoms with Gasteiger partial charge < -0.3 is 5.32 Å². The molecule has 0 radical (unpaired) electrons. The lowest BCUT2D eigenvalue weighted by molar-refractivity contribution is 0.591. The first-order valence-corrected chi connectivity index (χ1v) is 8.03. The van der Waals surface area contributed by atoms with Crippen LogP contribution in [0.15, 0.2) is 6.07 Å². The van der Waals surface area contributed by atoms with E-state index in [4.69, 9.17) is 0 Å². The Morgan fingerprint density at radius 2 is 2.22 bits per heavy atom. The number of anilines is 1. The summed E-state index contributed by atoms with van der Waals surface area (Å²) in [7, 11) is -2.89. The number of aromatic nitrogens is 2. The van der Waals surface area contributed by atoms with Gasteiger partial charge >= 0.3 is 0 Å². The molecule has 2 heterocycles. The van der Waals surface area contributed by atoms with Gasteiger partial charge in [-0.15, -0.1) is 0 Å². The van der Waals surface area contributed by atoms with Gasteiger partial charge in [0.25, 0.3) is 0 Å². The number of rotatable bonds is 4. The van der Waals surface area contributed by atoms with Crippen molar-refractivity contribution >= 4 is 15.7 Å². The van der Waals surface area contributed by atoms with E-state index in [1.54, 1.807) is 0 Å². The fourth-order valence-electron chi connectivity index (χ4n) is 2.21. The van der Waals surface area contributed by atoms with Crippen molar-refractivity contribution in [3.8, 4) is 0 Å². The Labute approximate surface area is 108 Å². The van der Waals surface area contributed by atoms with Crippen LogP contribution in [0.3, 0.4) is 0 Å². The molecule has 5 nitrogen and oxygen atoms in total. The third kappa shape index (κ3) is 2.98. The molecule has 2 rings (SSSR count). The highest BCUT2D eigenvalue weighted by Gasteiger charge is 2.30. The molecule has 18 heavy (non-hydrogen) atoms. The van der Waals surface area contributed by atoms with Crippen molar-refractivity contribution in [2.24, 2.45) is 0 Å². The van der Waals surface area contributed by atoms with Gasteiger partial charge in [-0.2, -0.15) is 0 Å². The minimum atomic E-state index is -2.89. The van der Waals surface area contributed by atoms with Crippen molar-refractivity contribution in [2.75, 3.05) is 17.6 Å². The standard InChI is InChI=1S/C12H19N3O2S/c1-3-10-7-12(15-9(2)14-10)13-8-11-5-4-6-18(11,16)17/h7,11H,3-6,8H2,1-2H3,(H,13,14,15). The second-order valence-electron chi connectivity index (χ2n) is 4.66. The summed E-state index contributed by atoms with van der Waals surface area (Å²) in [4.78, 5) is 8.56. The second kappa shape index (κ2) is 5.22. The number of nitrogens with zero attached hydrogens (tertiary/aromatic N) is 2. The number of hydrogen-bond acceptors (Lipinski definition) is 5. The van der Waals surface area contributed by atoms with E-state index in [0.29, 0.717) is 18.1 Å². The third-order valence-electron chi connectivity index (χ3n) is 3.23. The average Bonchev–Trinajstić information content (AvgIpc) is 2.65. The van der Waals surface area contributed by atoms with Crippen LogP contribution in [0.25, 0.3) is 0 Å². The SMILES string of the molecule is CCc1cc(NCC2CCCS2(=O)=O)nc(C)n1. The van der Waals surface area contributed by atoms with Gasteiger partial charge in [-0.3, -0.25) is 0 Å². The number of nitrogens with one attached hydrogen (secondary N) is 1. The molecule has 1 atom stereocenters. The molecule has 6 heteroatoms. The molecule has 1 saturated heterocycles. The van der Waals surface area contributed by atoms with E-state index in [1.165, 1.54) is 0 Å². The van der Waals surface area contributed by atoms with Gasteiger partial charge in [0.15, 0.2) is 9.84 Å². The topological polar surface area (TPSA) is 72.0 Å². The second-order valence-corrected chi connectivity index (χ2v) is 7.06. The van der Waals surface area contributed by atoms with E-state index >= 15 is 0 Å². The predicted octanol–water partition coefficient (Wildman–Crippen LogP) is 1.34. The van der Waals surface area contributed by atoms with Crippen molar-refractivity contribution in [1.29, 1.82) is 0 Å². The summed E-state index contributed by atoms with van der Waals surface area (Å²) in [5, 5.41) is 2.86. The van der Waals surface area contributed by atoms with Crippen molar-refractivity contribution in [1.82, 2.24) is 9.97 Å². The molecule has 1 aliphatic rings. The van der Waals surface area contributed by atoms with E-state index in [-0.39, 0.29) is 5.25 Å². The summed E-state index contributed by atoms with van der Waals surface area (Å²) < 4.78 is 23.4. The van der Waals surface area contributed by atoms with Crippen molar-refractivity contribution in [3.63, 3.8) is 0 Å². The molecule has 0 spiro atoms. The molecule has 1 aromatic rings. The molecule has 1 fully saturated rings. The lowest BCUT2D eigenvalue weighted by atomic mass is 10.2. The summed E-state index contributed by atoms with van der Waals surface area (Å²) in [5.74, 6) is 1.76. The molecule has 100 valence electrons. The molecule has 1 aromatic heterocycles. The van der Waals surface area contributed by atoms with Crippen LogP contribution in [0, 0.1) is 6.92 Å². The van der Waals surface area contributed by atoms with Crippen molar-refractivity contribution in [2.45, 2.75) is 38.4 Å². The number of hydrogen-bond donors (Lipinski definition) is 1. The Bertz CT molecular complexity index is 528. The van der Waals surface area contributed by atoms with E-state index in [1.807, 2.05) is 19.9 Å². The minimum Gasteiger partial charge on any atom is -0.369 e. The molecule has 0 saturated carbocycles. The fraction of sp³-hybridized carbons (Fsp3) is 0.667. The van der Waals surface area contributed by atoms with Crippen LogP contribution in [-0.2, 0) is 16.3 Å². The van der Waals surface area contributed by atoms with E-state index in [2.05, 4.69) is 15.3 Å². The maximum atomic E-state index is 11.7. The maximum Gasteiger partial charge on any atom is 0.154 e. The Morgan fingerprint density at radius 1 is 1.44 bits per heavy atom. The third-order valence-corrected chi connectivity index (χ3v) is 5.50. The molecule has 1 aliphatic heterocycles. The Hall–Kier alpha value is -1.17. The first kappa shape index (κ1) is 13.3. The van der Waals surface area contributed by atoms with Crippen LogP contribution in [0.5, 0.6) is 0 Å². The first-order valence-electron chi connectivity index (χ1n) is 6.31. The maximum absolute atomic E-state index is 11.7. The van der Waals surface area contributed by atoms with Crippen LogP contribution in [0.1, 0.15) is 31.3 Å².